The Balaban J connectivity index is 1.71. The molecule has 0 amide bonds. The van der Waals surface area contributed by atoms with Crippen LogP contribution in [0.5, 0.6) is 11.5 Å². The molecule has 0 aliphatic carbocycles. The molecule has 1 N–H and O–H groups in total. The summed E-state index contributed by atoms with van der Waals surface area (Å²) in [6.07, 6.45) is 1.60. The number of benzene rings is 2. The summed E-state index contributed by atoms with van der Waals surface area (Å²) >= 11 is 0. The van der Waals surface area contributed by atoms with Gasteiger partial charge in [0.15, 0.2) is 17.3 Å². The summed E-state index contributed by atoms with van der Waals surface area (Å²) in [4.78, 5) is 12.2. The Labute approximate surface area is 135 Å². The summed E-state index contributed by atoms with van der Waals surface area (Å²) in [5.74, 6) is 1.45. The molecule has 4 heteroatoms. The predicted octanol–water partition coefficient (Wildman–Crippen LogP) is 3.96. The molecule has 1 heterocycles. The van der Waals surface area contributed by atoms with Gasteiger partial charge in [0.05, 0.1) is 0 Å². The molecular weight excluding hydrogens is 290 g/mol. The zero-order valence-corrected chi connectivity index (χ0v) is 13.3. The first kappa shape index (κ1) is 15.2. The highest BCUT2D eigenvalue weighted by atomic mass is 16.6. The molecule has 0 fully saturated rings. The molecule has 1 aliphatic rings. The molecule has 118 valence electrons. The van der Waals surface area contributed by atoms with Gasteiger partial charge in [0.2, 0.25) is 0 Å². The van der Waals surface area contributed by atoms with E-state index in [9.17, 15) is 4.79 Å². The van der Waals surface area contributed by atoms with Gasteiger partial charge < -0.3 is 14.8 Å². The highest BCUT2D eigenvalue weighted by Crippen LogP contribution is 2.32. The Morgan fingerprint density at radius 2 is 1.74 bits per heavy atom. The van der Waals surface area contributed by atoms with Crippen molar-refractivity contribution in [1.82, 2.24) is 0 Å². The first-order valence-electron chi connectivity index (χ1n) is 7.58. The fourth-order valence-electron chi connectivity index (χ4n) is 2.38. The zero-order chi connectivity index (χ0) is 16.2. The van der Waals surface area contributed by atoms with E-state index < -0.39 is 0 Å². The van der Waals surface area contributed by atoms with Gasteiger partial charge in [-0.2, -0.15) is 0 Å². The molecule has 0 saturated heterocycles. The molecule has 1 aliphatic heterocycles. The molecule has 0 unspecified atom stereocenters. The third kappa shape index (κ3) is 3.72. The van der Waals surface area contributed by atoms with Gasteiger partial charge in [0, 0.05) is 29.1 Å². The SMILES string of the molecule is CC(=CC(=O)c1ccc(C)cc1)Nc1ccc2c(c1)OCCO2. The summed E-state index contributed by atoms with van der Waals surface area (Å²) in [5.41, 5.74) is 3.45. The van der Waals surface area contributed by atoms with E-state index in [1.165, 1.54) is 0 Å². The molecule has 0 radical (unpaired) electrons. The first-order valence-corrected chi connectivity index (χ1v) is 7.58. The number of carbonyl (C=O) groups is 1. The van der Waals surface area contributed by atoms with Crippen LogP contribution in [-0.2, 0) is 0 Å². The minimum absolute atomic E-state index is 0.0208. The van der Waals surface area contributed by atoms with E-state index in [0.29, 0.717) is 18.8 Å². The zero-order valence-electron chi connectivity index (χ0n) is 13.3. The lowest BCUT2D eigenvalue weighted by Crippen LogP contribution is -2.15. The number of hydrogen-bond acceptors (Lipinski definition) is 4. The highest BCUT2D eigenvalue weighted by Gasteiger charge is 2.11. The van der Waals surface area contributed by atoms with Crippen LogP contribution in [0, 0.1) is 6.92 Å². The molecule has 0 bridgehead atoms. The summed E-state index contributed by atoms with van der Waals surface area (Å²) in [7, 11) is 0. The Morgan fingerprint density at radius 3 is 2.48 bits per heavy atom. The first-order chi connectivity index (χ1) is 11.1. The van der Waals surface area contributed by atoms with Crippen LogP contribution in [0.3, 0.4) is 0 Å². The maximum absolute atomic E-state index is 12.2. The standard InChI is InChI=1S/C19H19NO3/c1-13-3-5-15(6-4-13)17(21)11-14(2)20-16-7-8-18-19(12-16)23-10-9-22-18/h3-8,11-12,20H,9-10H2,1-2H3. The minimum Gasteiger partial charge on any atom is -0.486 e. The predicted molar refractivity (Wildman–Crippen MR) is 90.3 cm³/mol. The molecule has 0 atom stereocenters. The van der Waals surface area contributed by atoms with Crippen molar-refractivity contribution in [3.05, 3.63) is 65.4 Å². The third-order valence-electron chi connectivity index (χ3n) is 3.57. The molecular formula is C19H19NO3. The van der Waals surface area contributed by atoms with E-state index in [0.717, 1.165) is 28.4 Å². The van der Waals surface area contributed by atoms with Crippen molar-refractivity contribution in [2.45, 2.75) is 13.8 Å². The van der Waals surface area contributed by atoms with Gasteiger partial charge in [-0.3, -0.25) is 4.79 Å². The van der Waals surface area contributed by atoms with Gasteiger partial charge in [-0.15, -0.1) is 0 Å². The monoisotopic (exact) mass is 309 g/mol. The Bertz CT molecular complexity index is 748. The average molecular weight is 309 g/mol. The number of fused-ring (bicyclic) bond motifs is 1. The number of rotatable bonds is 4. The van der Waals surface area contributed by atoms with Crippen molar-refractivity contribution in [3.8, 4) is 11.5 Å². The fraction of sp³-hybridized carbons (Fsp3) is 0.211. The van der Waals surface area contributed by atoms with Gasteiger partial charge in [0.25, 0.3) is 0 Å². The van der Waals surface area contributed by atoms with Crippen molar-refractivity contribution < 1.29 is 14.3 Å². The van der Waals surface area contributed by atoms with Gasteiger partial charge in [-0.05, 0) is 26.0 Å². The van der Waals surface area contributed by atoms with Gasteiger partial charge in [-0.1, -0.05) is 29.8 Å². The largest absolute Gasteiger partial charge is 0.486 e. The second kappa shape index (κ2) is 6.57. The smallest absolute Gasteiger partial charge is 0.187 e. The topological polar surface area (TPSA) is 47.6 Å². The fourth-order valence-corrected chi connectivity index (χ4v) is 2.38. The molecule has 2 aromatic carbocycles. The molecule has 0 spiro atoms. The third-order valence-corrected chi connectivity index (χ3v) is 3.57. The summed E-state index contributed by atoms with van der Waals surface area (Å²) < 4.78 is 11.0. The maximum atomic E-state index is 12.2. The second-order valence-electron chi connectivity index (χ2n) is 5.54. The Kier molecular flexibility index (Phi) is 4.33. The highest BCUT2D eigenvalue weighted by molar-refractivity contribution is 6.05. The number of ketones is 1. The molecule has 2 aromatic rings. The Morgan fingerprint density at radius 1 is 1.04 bits per heavy atom. The quantitative estimate of drug-likeness (QED) is 0.686. The van der Waals surface area contributed by atoms with Gasteiger partial charge in [0.1, 0.15) is 13.2 Å². The van der Waals surface area contributed by atoms with Crippen molar-refractivity contribution in [3.63, 3.8) is 0 Å². The van der Waals surface area contributed by atoms with Crippen LogP contribution in [0.15, 0.2) is 54.2 Å². The van der Waals surface area contributed by atoms with E-state index in [1.807, 2.05) is 56.3 Å². The molecule has 23 heavy (non-hydrogen) atoms. The van der Waals surface area contributed by atoms with Gasteiger partial charge >= 0.3 is 0 Å². The molecule has 0 aromatic heterocycles. The average Bonchev–Trinajstić information content (AvgIpc) is 2.55. The number of ether oxygens (including phenoxy) is 2. The lowest BCUT2D eigenvalue weighted by molar-refractivity contribution is 0.104. The van der Waals surface area contributed by atoms with Crippen LogP contribution in [0.2, 0.25) is 0 Å². The van der Waals surface area contributed by atoms with E-state index in [-0.39, 0.29) is 5.78 Å². The maximum Gasteiger partial charge on any atom is 0.187 e. The second-order valence-corrected chi connectivity index (χ2v) is 5.54. The van der Waals surface area contributed by atoms with Crippen LogP contribution in [0.1, 0.15) is 22.8 Å². The van der Waals surface area contributed by atoms with Crippen LogP contribution >= 0.6 is 0 Å². The summed E-state index contributed by atoms with van der Waals surface area (Å²) in [6.45, 7) is 4.99. The normalized spacial score (nSPS) is 13.6. The summed E-state index contributed by atoms with van der Waals surface area (Å²) in [5, 5.41) is 3.21. The van der Waals surface area contributed by atoms with E-state index in [4.69, 9.17) is 9.47 Å². The number of nitrogens with one attached hydrogen (secondary N) is 1. The van der Waals surface area contributed by atoms with Crippen LogP contribution in [0.4, 0.5) is 5.69 Å². The van der Waals surface area contributed by atoms with Crippen molar-refractivity contribution in [2.24, 2.45) is 0 Å². The number of aryl methyl sites for hydroxylation is 1. The molecule has 3 rings (SSSR count). The minimum atomic E-state index is -0.0208. The lowest BCUT2D eigenvalue weighted by Gasteiger charge is -2.19. The Hall–Kier alpha value is -2.75. The van der Waals surface area contributed by atoms with Crippen LogP contribution < -0.4 is 14.8 Å². The van der Waals surface area contributed by atoms with Gasteiger partial charge in [-0.25, -0.2) is 0 Å². The number of allylic oxidation sites excluding steroid dienone is 2. The number of carbonyl (C=O) groups excluding carboxylic acids is 1. The van der Waals surface area contributed by atoms with E-state index in [2.05, 4.69) is 5.32 Å². The van der Waals surface area contributed by atoms with Crippen molar-refractivity contribution in [2.75, 3.05) is 18.5 Å². The van der Waals surface area contributed by atoms with Crippen molar-refractivity contribution >= 4 is 11.5 Å². The number of hydrogen-bond donors (Lipinski definition) is 1. The van der Waals surface area contributed by atoms with Crippen LogP contribution in [0.25, 0.3) is 0 Å². The molecule has 0 saturated carbocycles. The molecule has 4 nitrogen and oxygen atoms in total. The van der Waals surface area contributed by atoms with E-state index >= 15 is 0 Å². The van der Waals surface area contributed by atoms with E-state index in [1.54, 1.807) is 6.08 Å². The number of anilines is 1. The van der Waals surface area contributed by atoms with Crippen LogP contribution in [-0.4, -0.2) is 19.0 Å². The summed E-state index contributed by atoms with van der Waals surface area (Å²) in [6, 6.07) is 13.2. The lowest BCUT2D eigenvalue weighted by atomic mass is 10.1. The van der Waals surface area contributed by atoms with Crippen molar-refractivity contribution in [1.29, 1.82) is 0 Å².